The number of nitrogens with one attached hydrogen (secondary N) is 1. The van der Waals surface area contributed by atoms with E-state index >= 15 is 0 Å². The van der Waals surface area contributed by atoms with Crippen LogP contribution in [-0.2, 0) is 16.6 Å². The molecule has 1 N–H and O–H groups in total. The summed E-state index contributed by atoms with van der Waals surface area (Å²) in [7, 11) is 1.74. The van der Waals surface area contributed by atoms with Crippen molar-refractivity contribution < 1.29 is 14.3 Å². The first-order chi connectivity index (χ1) is 8.19. The van der Waals surface area contributed by atoms with Gasteiger partial charge in [0, 0.05) is 18.8 Å². The van der Waals surface area contributed by atoms with E-state index in [1.807, 2.05) is 0 Å². The minimum Gasteiger partial charge on any atom is -0.444 e. The van der Waals surface area contributed by atoms with E-state index in [2.05, 4.69) is 10.4 Å². The van der Waals surface area contributed by atoms with Crippen LogP contribution in [0.25, 0.3) is 0 Å². The zero-order chi connectivity index (χ0) is 13.9. The molecule has 1 amide bonds. The molecule has 100 valence electrons. The molecule has 0 aromatic carbocycles. The van der Waals surface area contributed by atoms with Crippen molar-refractivity contribution in [3.63, 3.8) is 0 Å². The van der Waals surface area contributed by atoms with Crippen molar-refractivity contribution in [2.24, 2.45) is 7.05 Å². The van der Waals surface area contributed by atoms with Crippen molar-refractivity contribution in [3.05, 3.63) is 18.0 Å². The second-order valence-corrected chi connectivity index (χ2v) is 5.14. The Bertz CT molecular complexity index is 446. The standard InChI is InChI=1S/C12H19N3O3/c1-8(16)10(9-6-13-15(5)7-9)14-11(17)18-12(2,3)4/h6-7,10H,1-5H3,(H,14,17). The molecule has 0 saturated heterocycles. The number of hydrogen-bond donors (Lipinski definition) is 1. The summed E-state index contributed by atoms with van der Waals surface area (Å²) in [5.41, 5.74) is 0.0382. The Hall–Kier alpha value is -1.85. The third-order valence-corrected chi connectivity index (χ3v) is 2.13. The number of aryl methyl sites for hydroxylation is 1. The molecule has 1 aromatic heterocycles. The number of ether oxygens (including phenoxy) is 1. The maximum atomic E-state index is 11.6. The molecule has 0 spiro atoms. The quantitative estimate of drug-likeness (QED) is 0.887. The average molecular weight is 253 g/mol. The maximum absolute atomic E-state index is 11.6. The number of amides is 1. The third-order valence-electron chi connectivity index (χ3n) is 2.13. The van der Waals surface area contributed by atoms with E-state index in [9.17, 15) is 9.59 Å². The van der Waals surface area contributed by atoms with E-state index < -0.39 is 17.7 Å². The monoisotopic (exact) mass is 253 g/mol. The molecule has 1 rings (SSSR count). The predicted molar refractivity (Wildman–Crippen MR) is 66.0 cm³/mol. The van der Waals surface area contributed by atoms with Gasteiger partial charge in [-0.25, -0.2) is 4.79 Å². The molecule has 6 nitrogen and oxygen atoms in total. The van der Waals surface area contributed by atoms with Gasteiger partial charge in [-0.05, 0) is 27.7 Å². The summed E-state index contributed by atoms with van der Waals surface area (Å²) in [5.74, 6) is -0.172. The van der Waals surface area contributed by atoms with Crippen LogP contribution in [0.1, 0.15) is 39.3 Å². The van der Waals surface area contributed by atoms with Gasteiger partial charge in [-0.1, -0.05) is 0 Å². The summed E-state index contributed by atoms with van der Waals surface area (Å²) in [4.78, 5) is 23.2. The molecule has 0 aliphatic heterocycles. The highest BCUT2D eigenvalue weighted by Crippen LogP contribution is 2.14. The van der Waals surface area contributed by atoms with Gasteiger partial charge in [0.2, 0.25) is 0 Å². The zero-order valence-corrected chi connectivity index (χ0v) is 11.4. The number of hydrogen-bond acceptors (Lipinski definition) is 4. The second kappa shape index (κ2) is 5.20. The first-order valence-electron chi connectivity index (χ1n) is 5.67. The van der Waals surface area contributed by atoms with Gasteiger partial charge in [0.25, 0.3) is 0 Å². The number of aromatic nitrogens is 2. The van der Waals surface area contributed by atoms with Crippen LogP contribution in [0.15, 0.2) is 12.4 Å². The fourth-order valence-electron chi connectivity index (χ4n) is 1.43. The Morgan fingerprint density at radius 1 is 1.44 bits per heavy atom. The van der Waals surface area contributed by atoms with Crippen molar-refractivity contribution in [2.45, 2.75) is 39.3 Å². The molecule has 6 heteroatoms. The first-order valence-corrected chi connectivity index (χ1v) is 5.67. The number of ketones is 1. The van der Waals surface area contributed by atoms with Gasteiger partial charge in [0.05, 0.1) is 6.20 Å². The van der Waals surface area contributed by atoms with Crippen molar-refractivity contribution in [2.75, 3.05) is 0 Å². The van der Waals surface area contributed by atoms with Crippen LogP contribution in [0.3, 0.4) is 0 Å². The number of nitrogens with zero attached hydrogens (tertiary/aromatic N) is 2. The normalized spacial score (nSPS) is 12.9. The molecule has 1 unspecified atom stereocenters. The fraction of sp³-hybridized carbons (Fsp3) is 0.583. The van der Waals surface area contributed by atoms with E-state index in [4.69, 9.17) is 4.74 Å². The largest absolute Gasteiger partial charge is 0.444 e. The Morgan fingerprint density at radius 2 is 2.06 bits per heavy atom. The van der Waals surface area contributed by atoms with E-state index in [0.717, 1.165) is 0 Å². The van der Waals surface area contributed by atoms with Crippen molar-refractivity contribution in [1.82, 2.24) is 15.1 Å². The van der Waals surface area contributed by atoms with E-state index in [0.29, 0.717) is 5.56 Å². The van der Waals surface area contributed by atoms with Crippen molar-refractivity contribution in [3.8, 4) is 0 Å². The van der Waals surface area contributed by atoms with Gasteiger partial charge >= 0.3 is 6.09 Å². The average Bonchev–Trinajstić information content (AvgIpc) is 2.57. The number of rotatable bonds is 3. The van der Waals surface area contributed by atoms with Gasteiger partial charge in [-0.15, -0.1) is 0 Å². The topological polar surface area (TPSA) is 73.2 Å². The lowest BCUT2D eigenvalue weighted by Gasteiger charge is -2.22. The highest BCUT2D eigenvalue weighted by molar-refractivity contribution is 5.86. The Kier molecular flexibility index (Phi) is 4.11. The molecule has 0 saturated carbocycles. The van der Waals surface area contributed by atoms with E-state index in [1.54, 1.807) is 44.9 Å². The summed E-state index contributed by atoms with van der Waals surface area (Å²) in [5, 5.41) is 6.51. The summed E-state index contributed by atoms with van der Waals surface area (Å²) >= 11 is 0. The molecule has 0 fully saturated rings. The molecule has 0 bridgehead atoms. The highest BCUT2D eigenvalue weighted by Gasteiger charge is 2.24. The molecular formula is C12H19N3O3. The molecular weight excluding hydrogens is 234 g/mol. The Balaban J connectivity index is 2.76. The van der Waals surface area contributed by atoms with Gasteiger partial charge in [0.1, 0.15) is 11.6 Å². The van der Waals surface area contributed by atoms with Gasteiger partial charge in [-0.3, -0.25) is 9.48 Å². The lowest BCUT2D eigenvalue weighted by atomic mass is 10.1. The Morgan fingerprint density at radius 3 is 2.44 bits per heavy atom. The predicted octanol–water partition coefficient (Wildman–Crippen LogP) is 1.57. The Labute approximate surface area is 106 Å². The minimum atomic E-state index is -0.728. The molecule has 1 heterocycles. The molecule has 18 heavy (non-hydrogen) atoms. The summed E-state index contributed by atoms with van der Waals surface area (Å²) in [6, 6.07) is -0.728. The molecule has 1 aromatic rings. The molecule has 0 radical (unpaired) electrons. The van der Waals surface area contributed by atoms with Gasteiger partial charge in [0.15, 0.2) is 5.78 Å². The molecule has 0 aliphatic rings. The fourth-order valence-corrected chi connectivity index (χ4v) is 1.43. The SMILES string of the molecule is CC(=O)C(NC(=O)OC(C)(C)C)c1cnn(C)c1. The summed E-state index contributed by atoms with van der Waals surface area (Å²) < 4.78 is 6.69. The molecule has 0 aliphatic carbocycles. The first kappa shape index (κ1) is 14.2. The van der Waals surface area contributed by atoms with Crippen LogP contribution in [0.4, 0.5) is 4.79 Å². The highest BCUT2D eigenvalue weighted by atomic mass is 16.6. The zero-order valence-electron chi connectivity index (χ0n) is 11.4. The number of Topliss-reactive ketones (excluding diaryl/α,β-unsaturated/α-hetero) is 1. The number of carbonyl (C=O) groups excluding carboxylic acids is 2. The van der Waals surface area contributed by atoms with E-state index in [-0.39, 0.29) is 5.78 Å². The maximum Gasteiger partial charge on any atom is 0.408 e. The molecule has 1 atom stereocenters. The second-order valence-electron chi connectivity index (χ2n) is 5.14. The van der Waals surface area contributed by atoms with Gasteiger partial charge < -0.3 is 10.1 Å². The van der Waals surface area contributed by atoms with Crippen molar-refractivity contribution >= 4 is 11.9 Å². The summed E-state index contributed by atoms with van der Waals surface area (Å²) in [6.45, 7) is 6.70. The smallest absolute Gasteiger partial charge is 0.408 e. The van der Waals surface area contributed by atoms with Crippen molar-refractivity contribution in [1.29, 1.82) is 0 Å². The van der Waals surface area contributed by atoms with Crippen LogP contribution in [-0.4, -0.2) is 27.3 Å². The number of alkyl carbamates (subject to hydrolysis) is 1. The third kappa shape index (κ3) is 4.20. The summed E-state index contributed by atoms with van der Waals surface area (Å²) in [6.07, 6.45) is 2.61. The lowest BCUT2D eigenvalue weighted by Crippen LogP contribution is -2.37. The minimum absolute atomic E-state index is 0.172. The van der Waals surface area contributed by atoms with Crippen LogP contribution >= 0.6 is 0 Å². The van der Waals surface area contributed by atoms with Crippen LogP contribution < -0.4 is 5.32 Å². The van der Waals surface area contributed by atoms with E-state index in [1.165, 1.54) is 6.92 Å². The number of carbonyl (C=O) groups is 2. The van der Waals surface area contributed by atoms with Crippen LogP contribution in [0, 0.1) is 0 Å². The van der Waals surface area contributed by atoms with Crippen LogP contribution in [0.2, 0.25) is 0 Å². The lowest BCUT2D eigenvalue weighted by molar-refractivity contribution is -0.119. The van der Waals surface area contributed by atoms with Gasteiger partial charge in [-0.2, -0.15) is 5.10 Å². The van der Waals surface area contributed by atoms with Crippen LogP contribution in [0.5, 0.6) is 0 Å².